The fraction of sp³-hybridized carbons (Fsp3) is 0.421. The average molecular weight is 340 g/mol. The van der Waals surface area contributed by atoms with E-state index in [4.69, 9.17) is 9.78 Å². The zero-order valence-corrected chi connectivity index (χ0v) is 15.2. The number of carbonyl (C=O) groups is 1. The molecule has 0 N–H and O–H groups in total. The molecule has 1 aromatic heterocycles. The lowest BCUT2D eigenvalue weighted by Crippen LogP contribution is -2.46. The highest BCUT2D eigenvalue weighted by Crippen LogP contribution is 2.18. The highest BCUT2D eigenvalue weighted by molar-refractivity contribution is 5.97. The lowest BCUT2D eigenvalue weighted by molar-refractivity contribution is -0.123. The van der Waals surface area contributed by atoms with Crippen LogP contribution in [0.3, 0.4) is 0 Å². The maximum absolute atomic E-state index is 13.0. The number of likely N-dealkylation sites (N-methyl/N-ethyl adjacent to an activating group) is 1. The molecule has 0 bridgehead atoms. The van der Waals surface area contributed by atoms with E-state index in [1.54, 1.807) is 4.90 Å². The Morgan fingerprint density at radius 3 is 2.56 bits per heavy atom. The van der Waals surface area contributed by atoms with Crippen LogP contribution in [-0.2, 0) is 11.3 Å². The van der Waals surface area contributed by atoms with E-state index in [2.05, 4.69) is 11.2 Å². The van der Waals surface area contributed by atoms with E-state index in [1.807, 2.05) is 63.1 Å². The first-order chi connectivity index (χ1) is 11.9. The minimum Gasteiger partial charge on any atom is -0.361 e. The summed E-state index contributed by atoms with van der Waals surface area (Å²) in [6.45, 7) is 6.60. The number of nitriles is 1. The molecule has 2 rings (SSSR count). The second-order valence-corrected chi connectivity index (χ2v) is 6.25. The third-order valence-corrected chi connectivity index (χ3v) is 4.17. The van der Waals surface area contributed by atoms with Crippen LogP contribution in [0.4, 0.5) is 5.69 Å². The van der Waals surface area contributed by atoms with E-state index in [1.165, 1.54) is 0 Å². The number of carbonyl (C=O) groups excluding carboxylic acids is 1. The van der Waals surface area contributed by atoms with Gasteiger partial charge in [0.25, 0.3) is 0 Å². The van der Waals surface area contributed by atoms with Gasteiger partial charge >= 0.3 is 0 Å². The van der Waals surface area contributed by atoms with Crippen LogP contribution in [-0.4, -0.2) is 35.6 Å². The van der Waals surface area contributed by atoms with Crippen LogP contribution in [0, 0.1) is 25.2 Å². The average Bonchev–Trinajstić information content (AvgIpc) is 3.00. The number of amides is 1. The van der Waals surface area contributed by atoms with Crippen LogP contribution < -0.4 is 4.90 Å². The third-order valence-electron chi connectivity index (χ3n) is 4.17. The van der Waals surface area contributed by atoms with E-state index < -0.39 is 0 Å². The predicted molar refractivity (Wildman–Crippen MR) is 95.9 cm³/mol. The third kappa shape index (κ3) is 4.91. The minimum absolute atomic E-state index is 0.0400. The molecule has 1 amide bonds. The van der Waals surface area contributed by atoms with Crippen molar-refractivity contribution in [1.29, 1.82) is 5.26 Å². The van der Waals surface area contributed by atoms with Crippen molar-refractivity contribution in [1.82, 2.24) is 10.1 Å². The zero-order chi connectivity index (χ0) is 18.4. The molecule has 0 saturated carbocycles. The summed E-state index contributed by atoms with van der Waals surface area (Å²) in [5, 5.41) is 12.9. The van der Waals surface area contributed by atoms with Gasteiger partial charge in [-0.05, 0) is 40.0 Å². The largest absolute Gasteiger partial charge is 0.361 e. The quantitative estimate of drug-likeness (QED) is 0.774. The van der Waals surface area contributed by atoms with Crippen LogP contribution in [0.15, 0.2) is 34.9 Å². The van der Waals surface area contributed by atoms with Gasteiger partial charge in [0, 0.05) is 24.8 Å². The second-order valence-electron chi connectivity index (χ2n) is 6.25. The van der Waals surface area contributed by atoms with E-state index in [0.717, 1.165) is 22.7 Å². The first kappa shape index (κ1) is 18.7. The fourth-order valence-electron chi connectivity index (χ4n) is 2.55. The van der Waals surface area contributed by atoms with Gasteiger partial charge in [0.1, 0.15) is 5.76 Å². The Labute approximate surface area is 148 Å². The SMILES string of the molecule is Cc1ccc(N(CCC#N)C(=O)C(C)N(C)Cc2cc(C)on2)cc1. The summed E-state index contributed by atoms with van der Waals surface area (Å²) in [4.78, 5) is 16.6. The first-order valence-corrected chi connectivity index (χ1v) is 8.29. The molecule has 0 aliphatic rings. The van der Waals surface area contributed by atoms with Crippen molar-refractivity contribution >= 4 is 11.6 Å². The zero-order valence-electron chi connectivity index (χ0n) is 15.2. The van der Waals surface area contributed by atoms with Gasteiger partial charge in [0.15, 0.2) is 0 Å². The summed E-state index contributed by atoms with van der Waals surface area (Å²) in [5.74, 6) is 0.708. The highest BCUT2D eigenvalue weighted by atomic mass is 16.5. The van der Waals surface area contributed by atoms with Gasteiger partial charge in [-0.2, -0.15) is 5.26 Å². The summed E-state index contributed by atoms with van der Waals surface area (Å²) < 4.78 is 5.08. The van der Waals surface area contributed by atoms with Gasteiger partial charge in [0.05, 0.1) is 24.2 Å². The van der Waals surface area contributed by atoms with Crippen molar-refractivity contribution in [2.24, 2.45) is 0 Å². The summed E-state index contributed by atoms with van der Waals surface area (Å²) in [6.07, 6.45) is 0.290. The first-order valence-electron chi connectivity index (χ1n) is 8.29. The van der Waals surface area contributed by atoms with Gasteiger partial charge in [-0.15, -0.1) is 0 Å². The molecule has 1 unspecified atom stereocenters. The van der Waals surface area contributed by atoms with E-state index in [9.17, 15) is 4.79 Å². The summed E-state index contributed by atoms with van der Waals surface area (Å²) in [5.41, 5.74) is 2.73. The standard InChI is InChI=1S/C19H24N4O2/c1-14-6-8-18(9-7-14)23(11-5-10-20)19(24)16(3)22(4)13-17-12-15(2)25-21-17/h6-9,12,16H,5,11,13H2,1-4H3. The Kier molecular flexibility index (Phi) is 6.31. The lowest BCUT2D eigenvalue weighted by Gasteiger charge is -2.30. The summed E-state index contributed by atoms with van der Waals surface area (Å²) in [6, 6.07) is 11.4. The summed E-state index contributed by atoms with van der Waals surface area (Å²) >= 11 is 0. The molecule has 132 valence electrons. The lowest BCUT2D eigenvalue weighted by atomic mass is 10.1. The van der Waals surface area contributed by atoms with Crippen molar-refractivity contribution in [3.8, 4) is 6.07 Å². The van der Waals surface area contributed by atoms with E-state index >= 15 is 0 Å². The van der Waals surface area contributed by atoms with Crippen LogP contribution in [0.25, 0.3) is 0 Å². The molecule has 25 heavy (non-hydrogen) atoms. The molecule has 0 radical (unpaired) electrons. The molecule has 1 atom stereocenters. The molecule has 0 aliphatic carbocycles. The predicted octanol–water partition coefficient (Wildman–Crippen LogP) is 3.06. The van der Waals surface area contributed by atoms with Gasteiger partial charge in [-0.25, -0.2) is 0 Å². The Balaban J connectivity index is 2.13. The number of aromatic nitrogens is 1. The maximum Gasteiger partial charge on any atom is 0.244 e. The number of hydrogen-bond acceptors (Lipinski definition) is 5. The highest BCUT2D eigenvalue weighted by Gasteiger charge is 2.25. The van der Waals surface area contributed by atoms with Crippen molar-refractivity contribution < 1.29 is 9.32 Å². The molecule has 0 aliphatic heterocycles. The summed E-state index contributed by atoms with van der Waals surface area (Å²) in [7, 11) is 1.88. The Morgan fingerprint density at radius 2 is 2.00 bits per heavy atom. The number of anilines is 1. The molecule has 6 heteroatoms. The normalized spacial score (nSPS) is 12.0. The van der Waals surface area contributed by atoms with Crippen LogP contribution >= 0.6 is 0 Å². The number of benzene rings is 1. The van der Waals surface area contributed by atoms with Gasteiger partial charge in [-0.1, -0.05) is 22.9 Å². The Hall–Kier alpha value is -2.65. The molecule has 1 heterocycles. The maximum atomic E-state index is 13.0. The van der Waals surface area contributed by atoms with E-state index in [0.29, 0.717) is 19.5 Å². The molecule has 0 saturated heterocycles. The molecular weight excluding hydrogens is 316 g/mol. The Bertz CT molecular complexity index is 746. The number of rotatable bonds is 7. The van der Waals surface area contributed by atoms with Crippen LogP contribution in [0.5, 0.6) is 0 Å². The van der Waals surface area contributed by atoms with Gasteiger partial charge < -0.3 is 9.42 Å². The van der Waals surface area contributed by atoms with Crippen molar-refractivity contribution in [3.63, 3.8) is 0 Å². The molecule has 1 aromatic carbocycles. The van der Waals surface area contributed by atoms with E-state index in [-0.39, 0.29) is 11.9 Å². The smallest absolute Gasteiger partial charge is 0.244 e. The topological polar surface area (TPSA) is 73.4 Å². The fourth-order valence-corrected chi connectivity index (χ4v) is 2.55. The monoisotopic (exact) mass is 340 g/mol. The molecule has 6 nitrogen and oxygen atoms in total. The number of hydrogen-bond donors (Lipinski definition) is 0. The van der Waals surface area contributed by atoms with Crippen LogP contribution in [0.1, 0.15) is 30.4 Å². The molecular formula is C19H24N4O2. The van der Waals surface area contributed by atoms with Crippen molar-refractivity contribution in [2.75, 3.05) is 18.5 Å². The second kappa shape index (κ2) is 8.45. The minimum atomic E-state index is -0.350. The van der Waals surface area contributed by atoms with Crippen molar-refractivity contribution in [2.45, 2.75) is 39.8 Å². The number of nitrogens with zero attached hydrogens (tertiary/aromatic N) is 4. The van der Waals surface area contributed by atoms with Crippen molar-refractivity contribution in [3.05, 3.63) is 47.3 Å². The molecule has 2 aromatic rings. The molecule has 0 fully saturated rings. The molecule has 0 spiro atoms. The van der Waals surface area contributed by atoms with Gasteiger partial charge in [0.2, 0.25) is 5.91 Å². The van der Waals surface area contributed by atoms with Crippen LogP contribution in [0.2, 0.25) is 0 Å². The number of aryl methyl sites for hydroxylation is 2. The Morgan fingerprint density at radius 1 is 1.32 bits per heavy atom. The van der Waals surface area contributed by atoms with Gasteiger partial charge in [-0.3, -0.25) is 9.69 Å².